The molecule has 4 aliphatic rings. The lowest BCUT2D eigenvalue weighted by Crippen LogP contribution is -2.49. The van der Waals surface area contributed by atoms with E-state index in [0.29, 0.717) is 10.8 Å². The van der Waals surface area contributed by atoms with Crippen molar-refractivity contribution in [2.45, 2.75) is 85.5 Å². The van der Waals surface area contributed by atoms with Crippen LogP contribution in [0.4, 0.5) is 0 Å². The summed E-state index contributed by atoms with van der Waals surface area (Å²) in [6, 6.07) is 0. The molecule has 0 aliphatic heterocycles. The molecule has 4 aliphatic carbocycles. The highest BCUT2D eigenvalue weighted by molar-refractivity contribution is 5.24. The van der Waals surface area contributed by atoms with Gasteiger partial charge in [-0.15, -0.1) is 0 Å². The number of hydrogen-bond acceptors (Lipinski definition) is 0. The molecule has 3 fully saturated rings. The number of allylic oxidation sites excluding steroid dienone is 2. The van der Waals surface area contributed by atoms with Crippen LogP contribution in [-0.2, 0) is 0 Å². The van der Waals surface area contributed by atoms with Crippen LogP contribution >= 0.6 is 0 Å². The molecule has 0 aromatic heterocycles. The minimum Gasteiger partial charge on any atom is -0.0845 e. The lowest BCUT2D eigenvalue weighted by Gasteiger charge is -2.58. The minimum absolute atomic E-state index is 0.570. The fourth-order valence-corrected chi connectivity index (χ4v) is 7.62. The highest BCUT2D eigenvalue weighted by Gasteiger charge is 2.57. The lowest BCUT2D eigenvalue weighted by molar-refractivity contribution is -0.0441. The summed E-state index contributed by atoms with van der Waals surface area (Å²) in [5, 5.41) is 0. The van der Waals surface area contributed by atoms with Crippen LogP contribution in [0.2, 0.25) is 0 Å². The van der Waals surface area contributed by atoms with Crippen LogP contribution in [0, 0.1) is 40.4 Å². The van der Waals surface area contributed by atoms with E-state index in [1.54, 1.807) is 0 Å². The molecule has 0 spiro atoms. The minimum atomic E-state index is 0.570. The maximum absolute atomic E-state index is 2.72. The van der Waals surface area contributed by atoms with E-state index >= 15 is 0 Å². The Morgan fingerprint density at radius 1 is 1.05 bits per heavy atom. The van der Waals surface area contributed by atoms with Crippen LogP contribution in [0.25, 0.3) is 0 Å². The van der Waals surface area contributed by atoms with Crippen LogP contribution in [0.3, 0.4) is 0 Å². The molecule has 0 bridgehead atoms. The van der Waals surface area contributed by atoms with Gasteiger partial charge in [0.2, 0.25) is 0 Å². The molecule has 0 saturated heterocycles. The first-order chi connectivity index (χ1) is 10.5. The molecule has 0 heteroatoms. The fourth-order valence-electron chi connectivity index (χ4n) is 7.62. The van der Waals surface area contributed by atoms with E-state index in [-0.39, 0.29) is 0 Å². The van der Waals surface area contributed by atoms with E-state index in [0.717, 1.165) is 29.6 Å². The van der Waals surface area contributed by atoms with Gasteiger partial charge < -0.3 is 0 Å². The van der Waals surface area contributed by atoms with E-state index in [1.807, 2.05) is 5.57 Å². The molecule has 22 heavy (non-hydrogen) atoms. The second-order valence-corrected chi connectivity index (χ2v) is 9.83. The first kappa shape index (κ1) is 15.3. The zero-order valence-corrected chi connectivity index (χ0v) is 15.3. The van der Waals surface area contributed by atoms with Gasteiger partial charge in [0, 0.05) is 0 Å². The highest BCUT2D eigenvalue weighted by atomic mass is 14.6. The summed E-state index contributed by atoms with van der Waals surface area (Å²) in [4.78, 5) is 0. The van der Waals surface area contributed by atoms with Gasteiger partial charge in [-0.05, 0) is 91.8 Å². The Morgan fingerprint density at radius 3 is 2.64 bits per heavy atom. The molecular weight excluding hydrogens is 264 g/mol. The van der Waals surface area contributed by atoms with Crippen LogP contribution in [-0.4, -0.2) is 0 Å². The summed E-state index contributed by atoms with van der Waals surface area (Å²) in [7, 11) is 0. The normalized spacial score (nSPS) is 54.2. The van der Waals surface area contributed by atoms with Crippen molar-refractivity contribution in [1.82, 2.24) is 0 Å². The molecule has 4 rings (SSSR count). The van der Waals surface area contributed by atoms with Gasteiger partial charge in [-0.25, -0.2) is 0 Å². The van der Waals surface area contributed by atoms with E-state index in [9.17, 15) is 0 Å². The van der Waals surface area contributed by atoms with Gasteiger partial charge in [0.15, 0.2) is 0 Å². The van der Waals surface area contributed by atoms with Crippen molar-refractivity contribution in [1.29, 1.82) is 0 Å². The van der Waals surface area contributed by atoms with Gasteiger partial charge in [0.05, 0.1) is 0 Å². The molecule has 0 aromatic carbocycles. The topological polar surface area (TPSA) is 0 Å². The average Bonchev–Trinajstić information content (AvgIpc) is 2.84. The summed E-state index contributed by atoms with van der Waals surface area (Å²) in [6.07, 6.45) is 16.0. The van der Waals surface area contributed by atoms with Crippen molar-refractivity contribution in [3.05, 3.63) is 11.6 Å². The Bertz CT molecular complexity index is 474. The van der Waals surface area contributed by atoms with Gasteiger partial charge >= 0.3 is 0 Å². The van der Waals surface area contributed by atoms with Crippen LogP contribution < -0.4 is 0 Å². The molecule has 3 saturated carbocycles. The first-order valence-electron chi connectivity index (χ1n) is 10.2. The lowest BCUT2D eigenvalue weighted by atomic mass is 9.47. The Balaban J connectivity index is 1.66. The van der Waals surface area contributed by atoms with Gasteiger partial charge in [-0.1, -0.05) is 45.8 Å². The second kappa shape index (κ2) is 5.12. The molecule has 0 heterocycles. The van der Waals surface area contributed by atoms with Crippen LogP contribution in [0.1, 0.15) is 85.5 Å². The monoisotopic (exact) mass is 300 g/mol. The molecule has 0 aromatic rings. The number of hydrogen-bond donors (Lipinski definition) is 0. The molecule has 7 atom stereocenters. The molecule has 124 valence electrons. The van der Waals surface area contributed by atoms with E-state index in [1.165, 1.54) is 57.8 Å². The summed E-state index contributed by atoms with van der Waals surface area (Å²) in [5.41, 5.74) is 3.11. The standard InChI is InChI=1S/C22H36/c1-5-16-7-9-19-18-8-6-17-14-15(2)10-12-22(17,4)20(18)11-13-21(16,19)3/h6,15-16,18-20H,5,7-14H2,1-4H3/t15?,16-,18?,19?,20?,21+,22-/m0/s1. The van der Waals surface area contributed by atoms with E-state index in [4.69, 9.17) is 0 Å². The van der Waals surface area contributed by atoms with Crippen molar-refractivity contribution >= 4 is 0 Å². The van der Waals surface area contributed by atoms with Crippen LogP contribution in [0.5, 0.6) is 0 Å². The zero-order valence-electron chi connectivity index (χ0n) is 15.3. The molecule has 0 N–H and O–H groups in total. The average molecular weight is 301 g/mol. The van der Waals surface area contributed by atoms with Crippen molar-refractivity contribution < 1.29 is 0 Å². The molecule has 0 nitrogen and oxygen atoms in total. The Morgan fingerprint density at radius 2 is 1.86 bits per heavy atom. The SMILES string of the molecule is CC[C@H]1CCC2C3CC=C4CC(C)CC[C@]4(C)C3CC[C@@]21C. The summed E-state index contributed by atoms with van der Waals surface area (Å²) >= 11 is 0. The van der Waals surface area contributed by atoms with Gasteiger partial charge in [0.1, 0.15) is 0 Å². The second-order valence-electron chi connectivity index (χ2n) is 9.83. The molecular formula is C22H36. The third-order valence-corrected chi connectivity index (χ3v) is 9.04. The zero-order chi connectivity index (χ0) is 15.5. The predicted octanol–water partition coefficient (Wildman–Crippen LogP) is 6.61. The van der Waals surface area contributed by atoms with E-state index in [2.05, 4.69) is 33.8 Å². The largest absolute Gasteiger partial charge is 0.0845 e. The summed E-state index contributed by atoms with van der Waals surface area (Å²) in [5.74, 6) is 5.00. The Kier molecular flexibility index (Phi) is 3.55. The third kappa shape index (κ3) is 1.94. The smallest absolute Gasteiger partial charge is 0.00851 e. The van der Waals surface area contributed by atoms with Crippen molar-refractivity contribution in [2.75, 3.05) is 0 Å². The Hall–Kier alpha value is -0.260. The maximum Gasteiger partial charge on any atom is -0.00851 e. The third-order valence-electron chi connectivity index (χ3n) is 9.04. The molecule has 0 amide bonds. The fraction of sp³-hybridized carbons (Fsp3) is 0.909. The quantitative estimate of drug-likeness (QED) is 0.478. The highest BCUT2D eigenvalue weighted by Crippen LogP contribution is 2.66. The van der Waals surface area contributed by atoms with Crippen LogP contribution in [0.15, 0.2) is 11.6 Å². The van der Waals surface area contributed by atoms with Crippen molar-refractivity contribution in [3.63, 3.8) is 0 Å². The Labute approximate surface area is 138 Å². The van der Waals surface area contributed by atoms with E-state index < -0.39 is 0 Å². The van der Waals surface area contributed by atoms with Gasteiger partial charge in [0.25, 0.3) is 0 Å². The predicted molar refractivity (Wildman–Crippen MR) is 94.6 cm³/mol. The number of fused-ring (bicyclic) bond motifs is 5. The first-order valence-corrected chi connectivity index (χ1v) is 10.2. The number of rotatable bonds is 1. The summed E-state index contributed by atoms with van der Waals surface area (Å²) in [6.45, 7) is 10.2. The van der Waals surface area contributed by atoms with Crippen molar-refractivity contribution in [2.24, 2.45) is 40.4 Å². The van der Waals surface area contributed by atoms with Crippen molar-refractivity contribution in [3.8, 4) is 0 Å². The van der Waals surface area contributed by atoms with Gasteiger partial charge in [-0.3, -0.25) is 0 Å². The van der Waals surface area contributed by atoms with Gasteiger partial charge in [-0.2, -0.15) is 0 Å². The molecule has 0 radical (unpaired) electrons. The molecule has 4 unspecified atom stereocenters. The maximum atomic E-state index is 2.72. The summed E-state index contributed by atoms with van der Waals surface area (Å²) < 4.78 is 0.